The van der Waals surface area contributed by atoms with Gasteiger partial charge < -0.3 is 15.7 Å². The molecule has 0 aromatic heterocycles. The zero-order chi connectivity index (χ0) is 14.7. The van der Waals surface area contributed by atoms with Crippen LogP contribution in [0.5, 0.6) is 0 Å². The molecule has 5 nitrogen and oxygen atoms in total. The Hall–Kier alpha value is -1.30. The molecule has 1 aromatic carbocycles. The summed E-state index contributed by atoms with van der Waals surface area (Å²) in [5.41, 5.74) is 0.242. The minimum Gasteiger partial charge on any atom is -0.478 e. The molecule has 1 fully saturated rings. The highest BCUT2D eigenvalue weighted by molar-refractivity contribution is 6.40. The van der Waals surface area contributed by atoms with Crippen LogP contribution in [0, 0.1) is 5.92 Å². The quantitative estimate of drug-likeness (QED) is 0.801. The third-order valence-electron chi connectivity index (χ3n) is 3.20. The van der Waals surface area contributed by atoms with Gasteiger partial charge in [-0.15, -0.1) is 0 Å². The van der Waals surface area contributed by atoms with Crippen molar-refractivity contribution in [2.24, 2.45) is 5.92 Å². The highest BCUT2D eigenvalue weighted by atomic mass is 35.5. The standard InChI is InChI=1S/C13H14Cl2N2O3/c14-9-4-8(13(19)20)5-10(15)11(9)17-12(18)7-2-1-3-16-6-7/h4-5,7,16H,1-3,6H2,(H,17,18)(H,19,20)/t7-/m1/s1. The number of rotatable bonds is 3. The van der Waals surface area contributed by atoms with E-state index in [1.165, 1.54) is 12.1 Å². The lowest BCUT2D eigenvalue weighted by Gasteiger charge is -2.22. The fourth-order valence-corrected chi connectivity index (χ4v) is 2.70. The molecule has 0 bridgehead atoms. The molecule has 20 heavy (non-hydrogen) atoms. The summed E-state index contributed by atoms with van der Waals surface area (Å²) in [4.78, 5) is 23.0. The second kappa shape index (κ2) is 6.43. The summed E-state index contributed by atoms with van der Waals surface area (Å²) in [6.45, 7) is 1.53. The number of nitrogens with one attached hydrogen (secondary N) is 2. The highest BCUT2D eigenvalue weighted by Gasteiger charge is 2.23. The number of amides is 1. The Morgan fingerprint density at radius 3 is 2.45 bits per heavy atom. The van der Waals surface area contributed by atoms with Crippen LogP contribution < -0.4 is 10.6 Å². The predicted octanol–water partition coefficient (Wildman–Crippen LogP) is 2.63. The van der Waals surface area contributed by atoms with Gasteiger partial charge in [0, 0.05) is 6.54 Å². The average Bonchev–Trinajstić information content (AvgIpc) is 2.43. The Morgan fingerprint density at radius 2 is 1.95 bits per heavy atom. The smallest absolute Gasteiger partial charge is 0.335 e. The van der Waals surface area contributed by atoms with E-state index >= 15 is 0 Å². The Kier molecular flexibility index (Phi) is 4.86. The van der Waals surface area contributed by atoms with Crippen molar-refractivity contribution in [2.45, 2.75) is 12.8 Å². The highest BCUT2D eigenvalue weighted by Crippen LogP contribution is 2.32. The number of benzene rings is 1. The first-order valence-electron chi connectivity index (χ1n) is 6.23. The van der Waals surface area contributed by atoms with Crippen molar-refractivity contribution < 1.29 is 14.7 Å². The monoisotopic (exact) mass is 316 g/mol. The first-order valence-corrected chi connectivity index (χ1v) is 6.98. The zero-order valence-electron chi connectivity index (χ0n) is 10.6. The Morgan fingerprint density at radius 1 is 1.30 bits per heavy atom. The van der Waals surface area contributed by atoms with Gasteiger partial charge in [-0.1, -0.05) is 23.2 Å². The number of carbonyl (C=O) groups is 2. The summed E-state index contributed by atoms with van der Waals surface area (Å²) in [5, 5.41) is 15.0. The van der Waals surface area contributed by atoms with E-state index in [2.05, 4.69) is 10.6 Å². The van der Waals surface area contributed by atoms with Crippen LogP contribution in [-0.4, -0.2) is 30.1 Å². The molecule has 2 rings (SSSR count). The van der Waals surface area contributed by atoms with Crippen molar-refractivity contribution in [3.05, 3.63) is 27.7 Å². The fraction of sp³-hybridized carbons (Fsp3) is 0.385. The molecule has 1 amide bonds. The zero-order valence-corrected chi connectivity index (χ0v) is 12.1. The van der Waals surface area contributed by atoms with Gasteiger partial charge in [-0.25, -0.2) is 4.79 Å². The molecular weight excluding hydrogens is 303 g/mol. The van der Waals surface area contributed by atoms with Crippen LogP contribution >= 0.6 is 23.2 Å². The van der Waals surface area contributed by atoms with Crippen molar-refractivity contribution in [3.63, 3.8) is 0 Å². The van der Waals surface area contributed by atoms with Gasteiger partial charge in [-0.3, -0.25) is 4.79 Å². The summed E-state index contributed by atoms with van der Waals surface area (Å²) in [7, 11) is 0. The van der Waals surface area contributed by atoms with E-state index in [-0.39, 0.29) is 33.1 Å². The molecule has 7 heteroatoms. The summed E-state index contributed by atoms with van der Waals surface area (Å²) >= 11 is 12.0. The number of carboxylic acids is 1. The maximum Gasteiger partial charge on any atom is 0.335 e. The van der Waals surface area contributed by atoms with Gasteiger partial charge in [0.2, 0.25) is 5.91 Å². The number of aromatic carboxylic acids is 1. The first kappa shape index (κ1) is 15.1. The number of carboxylic acid groups (broad SMARTS) is 1. The van der Waals surface area contributed by atoms with Crippen LogP contribution in [0.15, 0.2) is 12.1 Å². The maximum absolute atomic E-state index is 12.1. The predicted molar refractivity (Wildman–Crippen MR) is 77.6 cm³/mol. The van der Waals surface area contributed by atoms with Gasteiger partial charge in [0.05, 0.1) is 27.2 Å². The van der Waals surface area contributed by atoms with Gasteiger partial charge in [0.15, 0.2) is 0 Å². The summed E-state index contributed by atoms with van der Waals surface area (Å²) in [5.74, 6) is -1.41. The van der Waals surface area contributed by atoms with Crippen LogP contribution in [0.3, 0.4) is 0 Å². The van der Waals surface area contributed by atoms with E-state index in [4.69, 9.17) is 28.3 Å². The van der Waals surface area contributed by atoms with Crippen molar-refractivity contribution in [2.75, 3.05) is 18.4 Å². The topological polar surface area (TPSA) is 78.4 Å². The second-order valence-electron chi connectivity index (χ2n) is 4.65. The van der Waals surface area contributed by atoms with E-state index in [1.54, 1.807) is 0 Å². The second-order valence-corrected chi connectivity index (χ2v) is 5.47. The Bertz CT molecular complexity index is 519. The Labute approximate surface area is 126 Å². The lowest BCUT2D eigenvalue weighted by molar-refractivity contribution is -0.120. The van der Waals surface area contributed by atoms with Crippen molar-refractivity contribution in [1.29, 1.82) is 0 Å². The SMILES string of the molecule is O=C(O)c1cc(Cl)c(NC(=O)[C@@H]2CCCNC2)c(Cl)c1. The number of halogens is 2. The van der Waals surface area contributed by atoms with Crippen molar-refractivity contribution in [1.82, 2.24) is 5.32 Å². The minimum absolute atomic E-state index is 0.0164. The summed E-state index contributed by atoms with van der Waals surface area (Å²) < 4.78 is 0. The molecule has 3 N–H and O–H groups in total. The molecule has 1 aromatic rings. The molecule has 0 radical (unpaired) electrons. The van der Waals surface area contributed by atoms with E-state index in [0.29, 0.717) is 6.54 Å². The van der Waals surface area contributed by atoms with Gasteiger partial charge in [0.25, 0.3) is 0 Å². The van der Waals surface area contributed by atoms with Gasteiger partial charge in [-0.05, 0) is 31.5 Å². The molecule has 0 aliphatic carbocycles. The number of hydrogen-bond acceptors (Lipinski definition) is 3. The van der Waals surface area contributed by atoms with Crippen LogP contribution in [0.25, 0.3) is 0 Å². The molecular formula is C13H14Cl2N2O3. The fourth-order valence-electron chi connectivity index (χ4n) is 2.12. The molecule has 0 saturated carbocycles. The van der Waals surface area contributed by atoms with Gasteiger partial charge >= 0.3 is 5.97 Å². The summed E-state index contributed by atoms with van der Waals surface area (Å²) in [6.07, 6.45) is 1.75. The normalized spacial score (nSPS) is 18.6. The van der Waals surface area contributed by atoms with E-state index in [9.17, 15) is 9.59 Å². The minimum atomic E-state index is -1.12. The van der Waals surface area contributed by atoms with Crippen molar-refractivity contribution in [3.8, 4) is 0 Å². The van der Waals surface area contributed by atoms with E-state index < -0.39 is 5.97 Å². The molecule has 0 unspecified atom stereocenters. The third kappa shape index (κ3) is 3.42. The number of piperidine rings is 1. The van der Waals surface area contributed by atoms with Crippen LogP contribution in [0.4, 0.5) is 5.69 Å². The van der Waals surface area contributed by atoms with E-state index in [1.807, 2.05) is 0 Å². The van der Waals surface area contributed by atoms with Gasteiger partial charge in [0.1, 0.15) is 0 Å². The maximum atomic E-state index is 12.1. The average molecular weight is 317 g/mol. The molecule has 0 spiro atoms. The van der Waals surface area contributed by atoms with E-state index in [0.717, 1.165) is 19.4 Å². The first-order chi connectivity index (χ1) is 9.49. The van der Waals surface area contributed by atoms with Crippen LogP contribution in [-0.2, 0) is 4.79 Å². The molecule has 108 valence electrons. The molecule has 1 heterocycles. The molecule has 1 aliphatic rings. The van der Waals surface area contributed by atoms with Crippen LogP contribution in [0.2, 0.25) is 10.0 Å². The number of carbonyl (C=O) groups excluding carboxylic acids is 1. The van der Waals surface area contributed by atoms with Gasteiger partial charge in [-0.2, -0.15) is 0 Å². The molecule has 1 aliphatic heterocycles. The number of anilines is 1. The third-order valence-corrected chi connectivity index (χ3v) is 3.80. The molecule has 1 atom stereocenters. The van der Waals surface area contributed by atoms with Crippen LogP contribution in [0.1, 0.15) is 23.2 Å². The van der Waals surface area contributed by atoms with Crippen molar-refractivity contribution >= 4 is 40.8 Å². The Balaban J connectivity index is 2.16. The lowest BCUT2D eigenvalue weighted by Crippen LogP contribution is -2.37. The largest absolute Gasteiger partial charge is 0.478 e. The summed E-state index contributed by atoms with van der Waals surface area (Å²) in [6, 6.07) is 2.54. The number of hydrogen-bond donors (Lipinski definition) is 3. The lowest BCUT2D eigenvalue weighted by atomic mass is 9.99. The molecule has 1 saturated heterocycles.